The third-order valence-electron chi connectivity index (χ3n) is 1.90. The van der Waals surface area contributed by atoms with Crippen molar-refractivity contribution < 1.29 is 24.1 Å². The number of hydrogen-bond acceptors (Lipinski definition) is 6. The molecule has 0 atom stereocenters. The van der Waals surface area contributed by atoms with E-state index in [4.69, 9.17) is 0 Å². The average molecular weight is 244 g/mol. The number of ketones is 1. The number of Topliss-reactive ketones (excluding diaryl/α,β-unsaturated/α-hetero) is 1. The van der Waals surface area contributed by atoms with Gasteiger partial charge >= 0.3 is 5.69 Å². The molecule has 0 spiro atoms. The van der Waals surface area contributed by atoms with E-state index in [0.717, 1.165) is 0 Å². The molecule has 0 saturated heterocycles. The molecule has 9 heteroatoms. The van der Waals surface area contributed by atoms with Crippen molar-refractivity contribution in [3.63, 3.8) is 0 Å². The van der Waals surface area contributed by atoms with Crippen molar-refractivity contribution in [1.29, 1.82) is 0 Å². The van der Waals surface area contributed by atoms with Crippen molar-refractivity contribution in [2.45, 2.75) is 0 Å². The molecule has 0 aromatic heterocycles. The standard InChI is InChI=1S/C8H5FN2O6/c9-3-7(12)5-1-4(10(14)15)2-6(8(5)13)11(16)17/h1-2,13H,3H2. The van der Waals surface area contributed by atoms with E-state index >= 15 is 0 Å². The number of nitrogens with zero attached hydrogens (tertiary/aromatic N) is 2. The largest absolute Gasteiger partial charge is 0.502 e. The second-order valence-electron chi connectivity index (χ2n) is 2.93. The van der Waals surface area contributed by atoms with Crippen LogP contribution in [0.15, 0.2) is 12.1 Å². The van der Waals surface area contributed by atoms with E-state index in [-0.39, 0.29) is 0 Å². The summed E-state index contributed by atoms with van der Waals surface area (Å²) in [5, 5.41) is 30.2. The molecule has 1 aromatic carbocycles. The van der Waals surface area contributed by atoms with Crippen molar-refractivity contribution in [2.24, 2.45) is 0 Å². The molecule has 1 N–H and O–H groups in total. The number of halogens is 1. The summed E-state index contributed by atoms with van der Waals surface area (Å²) in [4.78, 5) is 29.8. The smallest absolute Gasteiger partial charge is 0.318 e. The summed E-state index contributed by atoms with van der Waals surface area (Å²) in [5.41, 5.74) is -2.57. The highest BCUT2D eigenvalue weighted by Gasteiger charge is 2.26. The maximum Gasteiger partial charge on any atom is 0.318 e. The molecule has 17 heavy (non-hydrogen) atoms. The minimum Gasteiger partial charge on any atom is -0.502 e. The van der Waals surface area contributed by atoms with E-state index in [1.165, 1.54) is 0 Å². The lowest BCUT2D eigenvalue weighted by molar-refractivity contribution is -0.394. The highest BCUT2D eigenvalue weighted by atomic mass is 19.1. The van der Waals surface area contributed by atoms with Crippen molar-refractivity contribution in [3.05, 3.63) is 37.9 Å². The quantitative estimate of drug-likeness (QED) is 0.484. The molecular formula is C8H5FN2O6. The lowest BCUT2D eigenvalue weighted by Gasteiger charge is -2.02. The Labute approximate surface area is 92.6 Å². The molecule has 8 nitrogen and oxygen atoms in total. The molecule has 0 heterocycles. The summed E-state index contributed by atoms with van der Waals surface area (Å²) < 4.78 is 12.1. The van der Waals surface area contributed by atoms with Gasteiger partial charge < -0.3 is 5.11 Å². The summed E-state index contributed by atoms with van der Waals surface area (Å²) >= 11 is 0. The van der Waals surface area contributed by atoms with E-state index in [2.05, 4.69) is 0 Å². The minimum atomic E-state index is -1.52. The van der Waals surface area contributed by atoms with Crippen LogP contribution in [0.5, 0.6) is 5.75 Å². The Hall–Kier alpha value is -2.58. The molecule has 0 amide bonds. The van der Waals surface area contributed by atoms with E-state index in [9.17, 15) is 34.5 Å². The minimum absolute atomic E-state index is 0.490. The zero-order valence-electron chi connectivity index (χ0n) is 8.12. The van der Waals surface area contributed by atoms with Crippen LogP contribution in [0.2, 0.25) is 0 Å². The fourth-order valence-corrected chi connectivity index (χ4v) is 1.13. The predicted octanol–water partition coefficient (Wildman–Crippen LogP) is 1.36. The van der Waals surface area contributed by atoms with Crippen LogP contribution in [0, 0.1) is 20.2 Å². The number of alkyl halides is 1. The fraction of sp³-hybridized carbons (Fsp3) is 0.125. The Bertz CT molecular complexity index is 515. The van der Waals surface area contributed by atoms with E-state index < -0.39 is 45.0 Å². The van der Waals surface area contributed by atoms with Gasteiger partial charge in [0.1, 0.15) is 0 Å². The van der Waals surface area contributed by atoms with Gasteiger partial charge in [-0.1, -0.05) is 0 Å². The first-order chi connectivity index (χ1) is 7.88. The number of carbonyl (C=O) groups excluding carboxylic acids is 1. The van der Waals surface area contributed by atoms with Crippen LogP contribution in [-0.2, 0) is 0 Å². The van der Waals surface area contributed by atoms with Crippen LogP contribution in [-0.4, -0.2) is 27.4 Å². The van der Waals surface area contributed by atoms with Gasteiger partial charge in [0, 0.05) is 6.07 Å². The molecule has 0 unspecified atom stereocenters. The monoisotopic (exact) mass is 244 g/mol. The van der Waals surface area contributed by atoms with E-state index in [1.54, 1.807) is 0 Å². The number of rotatable bonds is 4. The molecule has 90 valence electrons. The van der Waals surface area contributed by atoms with Gasteiger partial charge in [0.05, 0.1) is 21.5 Å². The zero-order valence-corrected chi connectivity index (χ0v) is 8.12. The molecule has 0 aliphatic rings. The number of phenols is 1. The molecular weight excluding hydrogens is 239 g/mol. The van der Waals surface area contributed by atoms with E-state index in [0.29, 0.717) is 12.1 Å². The Balaban J connectivity index is 3.54. The number of non-ortho nitro benzene ring substituents is 1. The molecule has 1 rings (SSSR count). The van der Waals surface area contributed by atoms with Crippen molar-refractivity contribution in [3.8, 4) is 5.75 Å². The number of nitro groups is 2. The van der Waals surface area contributed by atoms with Crippen molar-refractivity contribution in [1.82, 2.24) is 0 Å². The Kier molecular flexibility index (Phi) is 3.31. The van der Waals surface area contributed by atoms with Crippen LogP contribution >= 0.6 is 0 Å². The van der Waals surface area contributed by atoms with Gasteiger partial charge in [-0.05, 0) is 0 Å². The zero-order chi connectivity index (χ0) is 13.2. The molecule has 0 fully saturated rings. The Morgan fingerprint density at radius 2 is 1.88 bits per heavy atom. The molecule has 1 aromatic rings. The second kappa shape index (κ2) is 4.51. The summed E-state index contributed by atoms with van der Waals surface area (Å²) in [5.74, 6) is -2.35. The predicted molar refractivity (Wildman–Crippen MR) is 51.7 cm³/mol. The number of benzene rings is 1. The maximum atomic E-state index is 12.1. The molecule has 0 bridgehead atoms. The molecule has 0 radical (unpaired) electrons. The van der Waals surface area contributed by atoms with Crippen LogP contribution in [0.4, 0.5) is 15.8 Å². The van der Waals surface area contributed by atoms with Crippen LogP contribution in [0.1, 0.15) is 10.4 Å². The number of carbonyl (C=O) groups is 1. The fourth-order valence-electron chi connectivity index (χ4n) is 1.13. The summed E-state index contributed by atoms with van der Waals surface area (Å²) in [6.07, 6.45) is 0. The molecule has 0 aliphatic carbocycles. The first kappa shape index (κ1) is 12.5. The number of hydrogen-bond donors (Lipinski definition) is 1. The van der Waals surface area contributed by atoms with Crippen LogP contribution in [0.3, 0.4) is 0 Å². The normalized spacial score (nSPS) is 9.94. The van der Waals surface area contributed by atoms with E-state index in [1.807, 2.05) is 0 Å². The maximum absolute atomic E-state index is 12.1. The topological polar surface area (TPSA) is 124 Å². The molecule has 0 saturated carbocycles. The van der Waals surface area contributed by atoms with Gasteiger partial charge in [-0.2, -0.15) is 0 Å². The van der Waals surface area contributed by atoms with Gasteiger partial charge in [-0.15, -0.1) is 0 Å². The average Bonchev–Trinajstić information content (AvgIpc) is 2.27. The third-order valence-corrected chi connectivity index (χ3v) is 1.90. The third kappa shape index (κ3) is 2.33. The Morgan fingerprint density at radius 3 is 2.29 bits per heavy atom. The number of nitro benzene ring substituents is 2. The SMILES string of the molecule is O=C(CF)c1cc([N+](=O)[O-])cc([N+](=O)[O-])c1O. The van der Waals surface area contributed by atoms with Crippen molar-refractivity contribution >= 4 is 17.2 Å². The Morgan fingerprint density at radius 1 is 1.29 bits per heavy atom. The number of aromatic hydroxyl groups is 1. The first-order valence-corrected chi connectivity index (χ1v) is 4.13. The van der Waals surface area contributed by atoms with Gasteiger partial charge in [0.25, 0.3) is 5.69 Å². The molecule has 0 aliphatic heterocycles. The lowest BCUT2D eigenvalue weighted by Crippen LogP contribution is -2.04. The van der Waals surface area contributed by atoms with Crippen LogP contribution < -0.4 is 0 Å². The lowest BCUT2D eigenvalue weighted by atomic mass is 10.1. The number of phenolic OH excluding ortho intramolecular Hbond substituents is 1. The summed E-state index contributed by atoms with van der Waals surface area (Å²) in [7, 11) is 0. The first-order valence-electron chi connectivity index (χ1n) is 4.13. The highest BCUT2D eigenvalue weighted by Crippen LogP contribution is 2.34. The summed E-state index contributed by atoms with van der Waals surface area (Å²) in [6.45, 7) is -1.52. The van der Waals surface area contributed by atoms with Crippen molar-refractivity contribution in [2.75, 3.05) is 6.67 Å². The summed E-state index contributed by atoms with van der Waals surface area (Å²) in [6, 6.07) is 1.08. The highest BCUT2D eigenvalue weighted by molar-refractivity contribution is 6.01. The van der Waals surface area contributed by atoms with Gasteiger partial charge in [-0.25, -0.2) is 4.39 Å². The van der Waals surface area contributed by atoms with Gasteiger partial charge in [-0.3, -0.25) is 25.0 Å². The van der Waals surface area contributed by atoms with Gasteiger partial charge in [0.15, 0.2) is 12.5 Å². The van der Waals surface area contributed by atoms with Gasteiger partial charge in [0.2, 0.25) is 5.75 Å². The van der Waals surface area contributed by atoms with Crippen LogP contribution in [0.25, 0.3) is 0 Å². The second-order valence-corrected chi connectivity index (χ2v) is 2.93.